The summed E-state index contributed by atoms with van der Waals surface area (Å²) in [5, 5.41) is 10.4. The van der Waals surface area contributed by atoms with Gasteiger partial charge in [0.25, 0.3) is 0 Å². The van der Waals surface area contributed by atoms with Gasteiger partial charge in [0.15, 0.2) is 11.5 Å². The van der Waals surface area contributed by atoms with Crippen LogP contribution in [0.3, 0.4) is 0 Å². The van der Waals surface area contributed by atoms with Crippen molar-refractivity contribution >= 4 is 0 Å². The molecule has 1 saturated carbocycles. The highest BCUT2D eigenvalue weighted by Gasteiger charge is 2.79. The van der Waals surface area contributed by atoms with Crippen molar-refractivity contribution in [2.45, 2.75) is 67.8 Å². The lowest BCUT2D eigenvalue weighted by Crippen LogP contribution is -2.71. The lowest BCUT2D eigenvalue weighted by atomic mass is 9.51. The lowest BCUT2D eigenvalue weighted by molar-refractivity contribution is -0.122. The second kappa shape index (κ2) is 3.78. The van der Waals surface area contributed by atoms with Gasteiger partial charge in [-0.05, 0) is 62.6 Å². The molecule has 1 aromatic carbocycles. The summed E-state index contributed by atoms with van der Waals surface area (Å²) in [6.45, 7) is 2.41. The molecule has 2 spiro atoms. The van der Waals surface area contributed by atoms with Gasteiger partial charge < -0.3 is 14.6 Å². The average molecular weight is 325 g/mol. The molecule has 7 rings (SSSR count). The average Bonchev–Trinajstić information content (AvgIpc) is 3.06. The Morgan fingerprint density at radius 1 is 1.21 bits per heavy atom. The number of fused-ring (bicyclic) bond motifs is 2. The van der Waals surface area contributed by atoms with E-state index in [1.54, 1.807) is 0 Å². The molecule has 0 aromatic heterocycles. The molecule has 4 nitrogen and oxygen atoms in total. The SMILES string of the molecule is Oc1ccc2c3c1O[C@H]1[C@H]4CC[C@@]5(O4)[C@@H](C2)N(CC2CC2)CC[C@]315. The Morgan fingerprint density at radius 3 is 3.00 bits per heavy atom. The van der Waals surface area contributed by atoms with Crippen molar-refractivity contribution in [3.63, 3.8) is 0 Å². The molecule has 6 aliphatic rings. The summed E-state index contributed by atoms with van der Waals surface area (Å²) < 4.78 is 13.2. The maximum atomic E-state index is 10.4. The van der Waals surface area contributed by atoms with E-state index in [4.69, 9.17) is 9.47 Å². The van der Waals surface area contributed by atoms with Gasteiger partial charge in [-0.3, -0.25) is 4.90 Å². The molecule has 0 radical (unpaired) electrons. The quantitative estimate of drug-likeness (QED) is 0.906. The highest BCUT2D eigenvalue weighted by Crippen LogP contribution is 2.71. The van der Waals surface area contributed by atoms with Crippen LogP contribution in [0.2, 0.25) is 0 Å². The summed E-state index contributed by atoms with van der Waals surface area (Å²) in [6.07, 6.45) is 7.62. The Labute approximate surface area is 141 Å². The molecule has 3 saturated heterocycles. The Hall–Kier alpha value is -1.26. The molecule has 2 aliphatic carbocycles. The molecule has 4 heterocycles. The zero-order valence-electron chi connectivity index (χ0n) is 13.8. The Bertz CT molecular complexity index is 774. The minimum Gasteiger partial charge on any atom is -0.504 e. The molecule has 4 aliphatic heterocycles. The monoisotopic (exact) mass is 325 g/mol. The van der Waals surface area contributed by atoms with Crippen molar-refractivity contribution in [1.29, 1.82) is 0 Å². The number of rotatable bonds is 2. The van der Waals surface area contributed by atoms with E-state index in [1.165, 1.54) is 30.5 Å². The molecule has 5 atom stereocenters. The minimum absolute atomic E-state index is 0.00227. The second-order valence-electron chi connectivity index (χ2n) is 8.95. The Morgan fingerprint density at radius 2 is 2.12 bits per heavy atom. The molecular weight excluding hydrogens is 302 g/mol. The van der Waals surface area contributed by atoms with Gasteiger partial charge in [-0.15, -0.1) is 0 Å². The smallest absolute Gasteiger partial charge is 0.165 e. The number of likely N-dealkylation sites (tertiary alicyclic amines) is 1. The van der Waals surface area contributed by atoms with Crippen molar-refractivity contribution in [3.8, 4) is 11.5 Å². The van der Waals surface area contributed by atoms with E-state index < -0.39 is 0 Å². The molecule has 126 valence electrons. The van der Waals surface area contributed by atoms with E-state index in [-0.39, 0.29) is 23.2 Å². The second-order valence-corrected chi connectivity index (χ2v) is 8.95. The number of ether oxygens (including phenoxy) is 2. The summed E-state index contributed by atoms with van der Waals surface area (Å²) in [5.74, 6) is 2.03. The summed E-state index contributed by atoms with van der Waals surface area (Å²) in [5.41, 5.74) is 2.65. The number of hydrogen-bond donors (Lipinski definition) is 1. The van der Waals surface area contributed by atoms with E-state index in [0.29, 0.717) is 11.8 Å². The first kappa shape index (κ1) is 13.0. The number of aromatic hydroxyl groups is 1. The third kappa shape index (κ3) is 1.18. The number of hydrogen-bond acceptors (Lipinski definition) is 4. The van der Waals surface area contributed by atoms with Crippen LogP contribution in [0.1, 0.15) is 43.2 Å². The third-order valence-electron chi connectivity index (χ3n) is 8.03. The highest BCUT2D eigenvalue weighted by atomic mass is 16.6. The van der Waals surface area contributed by atoms with E-state index in [0.717, 1.165) is 43.9 Å². The van der Waals surface area contributed by atoms with Gasteiger partial charge >= 0.3 is 0 Å². The van der Waals surface area contributed by atoms with Crippen molar-refractivity contribution in [3.05, 3.63) is 23.3 Å². The van der Waals surface area contributed by atoms with Gasteiger partial charge in [0, 0.05) is 18.2 Å². The van der Waals surface area contributed by atoms with Crippen molar-refractivity contribution < 1.29 is 14.6 Å². The molecular formula is C20H23NO3. The normalized spacial score (nSPS) is 46.9. The summed E-state index contributed by atoms with van der Waals surface area (Å²) >= 11 is 0. The Kier molecular flexibility index (Phi) is 2.05. The van der Waals surface area contributed by atoms with Crippen molar-refractivity contribution in [1.82, 2.24) is 4.90 Å². The highest BCUT2D eigenvalue weighted by molar-refractivity contribution is 5.63. The number of benzene rings is 1. The van der Waals surface area contributed by atoms with E-state index in [1.807, 2.05) is 6.07 Å². The predicted molar refractivity (Wildman–Crippen MR) is 87.4 cm³/mol. The van der Waals surface area contributed by atoms with Crippen LogP contribution < -0.4 is 4.74 Å². The van der Waals surface area contributed by atoms with Crippen LogP contribution in [0.5, 0.6) is 11.5 Å². The fourth-order valence-electron chi connectivity index (χ4n) is 7.04. The summed E-state index contributed by atoms with van der Waals surface area (Å²) in [4.78, 5) is 2.75. The van der Waals surface area contributed by atoms with Gasteiger partial charge in [-0.2, -0.15) is 0 Å². The minimum atomic E-state index is -0.0679. The molecule has 24 heavy (non-hydrogen) atoms. The molecule has 4 heteroatoms. The first-order valence-corrected chi connectivity index (χ1v) is 9.67. The molecule has 4 fully saturated rings. The van der Waals surface area contributed by atoms with Crippen LogP contribution in [0.25, 0.3) is 0 Å². The van der Waals surface area contributed by atoms with Gasteiger partial charge in [0.1, 0.15) is 6.10 Å². The van der Waals surface area contributed by atoms with E-state index in [2.05, 4.69) is 11.0 Å². The van der Waals surface area contributed by atoms with Crippen LogP contribution in [-0.2, 0) is 16.6 Å². The van der Waals surface area contributed by atoms with Crippen LogP contribution in [0.4, 0.5) is 0 Å². The summed E-state index contributed by atoms with van der Waals surface area (Å²) in [6, 6.07) is 4.48. The largest absolute Gasteiger partial charge is 0.504 e. The van der Waals surface area contributed by atoms with Gasteiger partial charge in [0.2, 0.25) is 0 Å². The summed E-state index contributed by atoms with van der Waals surface area (Å²) in [7, 11) is 0. The van der Waals surface area contributed by atoms with Crippen LogP contribution in [0, 0.1) is 5.92 Å². The maximum Gasteiger partial charge on any atom is 0.165 e. The number of piperidine rings is 1. The third-order valence-corrected chi connectivity index (χ3v) is 8.03. The first-order chi connectivity index (χ1) is 11.7. The standard InChI is InChI=1S/C20H23NO3/c22-13-4-3-12-9-15-20-6-5-14(24-20)18-19(20,16(12)17(13)23-18)7-8-21(15)10-11-1-2-11/h3-4,11,14-15,18,22H,1-2,5-10H2/t14-,15-,18+,19+,20-/m1/s1. The molecule has 4 bridgehead atoms. The number of phenolic OH excluding ortho intramolecular Hbond substituents is 1. The van der Waals surface area contributed by atoms with E-state index in [9.17, 15) is 5.11 Å². The number of phenols is 1. The molecule has 0 amide bonds. The van der Waals surface area contributed by atoms with Crippen LogP contribution in [0.15, 0.2) is 12.1 Å². The van der Waals surface area contributed by atoms with E-state index >= 15 is 0 Å². The predicted octanol–water partition coefficient (Wildman–Crippen LogP) is 2.36. The zero-order chi connectivity index (χ0) is 15.7. The molecule has 1 N–H and O–H groups in total. The van der Waals surface area contributed by atoms with Crippen LogP contribution in [-0.4, -0.2) is 46.9 Å². The topological polar surface area (TPSA) is 41.9 Å². The van der Waals surface area contributed by atoms with Gasteiger partial charge in [0.05, 0.1) is 17.1 Å². The van der Waals surface area contributed by atoms with Crippen molar-refractivity contribution in [2.75, 3.05) is 13.1 Å². The first-order valence-electron chi connectivity index (χ1n) is 9.67. The maximum absolute atomic E-state index is 10.4. The molecule has 1 aromatic rings. The van der Waals surface area contributed by atoms with Crippen molar-refractivity contribution in [2.24, 2.45) is 5.92 Å². The lowest BCUT2D eigenvalue weighted by Gasteiger charge is -2.59. The van der Waals surface area contributed by atoms with Gasteiger partial charge in [-0.25, -0.2) is 0 Å². The fourth-order valence-corrected chi connectivity index (χ4v) is 7.04. The zero-order valence-corrected chi connectivity index (χ0v) is 13.8. The van der Waals surface area contributed by atoms with Gasteiger partial charge in [-0.1, -0.05) is 6.07 Å². The van der Waals surface area contributed by atoms with Crippen LogP contribution >= 0.6 is 0 Å². The fraction of sp³-hybridized carbons (Fsp3) is 0.700. The number of nitrogens with zero attached hydrogens (tertiary/aromatic N) is 1. The molecule has 0 unspecified atom stereocenters. The Balaban J connectivity index is 1.48.